The van der Waals surface area contributed by atoms with Gasteiger partial charge in [0.15, 0.2) is 0 Å². The number of aromatic nitrogens is 1. The fraction of sp³-hybridized carbons (Fsp3) is 0.353. The average Bonchev–Trinajstić information content (AvgIpc) is 2.44. The molecule has 0 amide bonds. The van der Waals surface area contributed by atoms with Crippen molar-refractivity contribution in [2.45, 2.75) is 36.5 Å². The van der Waals surface area contributed by atoms with Crippen molar-refractivity contribution in [3.05, 3.63) is 58.8 Å². The summed E-state index contributed by atoms with van der Waals surface area (Å²) in [7, 11) is 0. The maximum atomic E-state index is 10.8. The molecule has 21 heavy (non-hydrogen) atoms. The van der Waals surface area contributed by atoms with Gasteiger partial charge in [0.1, 0.15) is 6.10 Å². The molecule has 0 aliphatic heterocycles. The Morgan fingerprint density at radius 2 is 1.76 bits per heavy atom. The largest absolute Gasteiger partial charge is 0.386 e. The Balaban J connectivity index is 2.26. The summed E-state index contributed by atoms with van der Waals surface area (Å²) in [6, 6.07) is 10.1. The van der Waals surface area contributed by atoms with Crippen LogP contribution in [0.25, 0.3) is 0 Å². The number of thioether (sulfide) groups is 2. The number of nitrogens with zero attached hydrogens (tertiary/aromatic N) is 1. The molecule has 0 fully saturated rings. The van der Waals surface area contributed by atoms with Gasteiger partial charge in [-0.3, -0.25) is 0 Å². The van der Waals surface area contributed by atoms with Crippen LogP contribution in [0, 0.1) is 20.8 Å². The number of rotatable bonds is 5. The van der Waals surface area contributed by atoms with Crippen LogP contribution < -0.4 is 0 Å². The average molecular weight is 319 g/mol. The summed E-state index contributed by atoms with van der Waals surface area (Å²) in [6.07, 6.45) is 3.31. The van der Waals surface area contributed by atoms with E-state index in [-0.39, 0.29) is 4.58 Å². The molecule has 1 aromatic carbocycles. The van der Waals surface area contributed by atoms with E-state index in [1.807, 2.05) is 24.5 Å². The maximum Gasteiger partial charge on any atom is 0.101 e. The van der Waals surface area contributed by atoms with Crippen molar-refractivity contribution in [3.63, 3.8) is 0 Å². The predicted octanol–water partition coefficient (Wildman–Crippen LogP) is 4.52. The lowest BCUT2D eigenvalue weighted by Crippen LogP contribution is -2.14. The summed E-state index contributed by atoms with van der Waals surface area (Å²) in [6.45, 7) is 6.23. The number of hydrogen-bond acceptors (Lipinski definition) is 4. The zero-order chi connectivity index (χ0) is 15.4. The molecule has 0 saturated heterocycles. The molecule has 2 atom stereocenters. The van der Waals surface area contributed by atoms with Crippen molar-refractivity contribution in [1.29, 1.82) is 0 Å². The first-order valence-corrected chi connectivity index (χ1v) is 9.06. The SMILES string of the molecule is CS[C@@H](Sc1ccccn1)[C@H](O)c1c(C)cc(C)cc1C. The highest BCUT2D eigenvalue weighted by atomic mass is 32.2. The molecule has 1 aromatic heterocycles. The summed E-state index contributed by atoms with van der Waals surface area (Å²) in [5.74, 6) is 0. The van der Waals surface area contributed by atoms with E-state index in [0.29, 0.717) is 0 Å². The van der Waals surface area contributed by atoms with Gasteiger partial charge < -0.3 is 5.11 Å². The molecule has 4 heteroatoms. The number of aryl methyl sites for hydroxylation is 3. The van der Waals surface area contributed by atoms with Gasteiger partial charge >= 0.3 is 0 Å². The molecule has 1 N–H and O–H groups in total. The van der Waals surface area contributed by atoms with Crippen molar-refractivity contribution in [2.75, 3.05) is 6.26 Å². The van der Waals surface area contributed by atoms with E-state index in [2.05, 4.69) is 37.9 Å². The van der Waals surface area contributed by atoms with E-state index < -0.39 is 6.10 Å². The lowest BCUT2D eigenvalue weighted by Gasteiger charge is -2.24. The third kappa shape index (κ3) is 4.02. The summed E-state index contributed by atoms with van der Waals surface area (Å²) in [5, 5.41) is 11.8. The Morgan fingerprint density at radius 1 is 1.10 bits per heavy atom. The van der Waals surface area contributed by atoms with E-state index in [1.54, 1.807) is 29.7 Å². The van der Waals surface area contributed by atoms with Gasteiger partial charge in [-0.1, -0.05) is 35.5 Å². The van der Waals surface area contributed by atoms with Gasteiger partial charge in [-0.15, -0.1) is 11.8 Å². The minimum absolute atomic E-state index is 0.0278. The summed E-state index contributed by atoms with van der Waals surface area (Å²) in [5.41, 5.74) is 4.59. The Bertz CT molecular complexity index is 578. The van der Waals surface area contributed by atoms with Gasteiger partial charge in [0, 0.05) is 6.20 Å². The summed E-state index contributed by atoms with van der Waals surface area (Å²) < 4.78 is 0.0278. The van der Waals surface area contributed by atoms with Crippen LogP contribution in [0.15, 0.2) is 41.6 Å². The normalized spacial score (nSPS) is 14.0. The first-order chi connectivity index (χ1) is 10.0. The Morgan fingerprint density at radius 3 is 2.29 bits per heavy atom. The van der Waals surface area contributed by atoms with Crippen LogP contribution in [-0.2, 0) is 0 Å². The molecule has 2 nitrogen and oxygen atoms in total. The van der Waals surface area contributed by atoms with Gasteiger partial charge in [-0.25, -0.2) is 4.98 Å². The van der Waals surface area contributed by atoms with E-state index in [4.69, 9.17) is 0 Å². The zero-order valence-corrected chi connectivity index (χ0v) is 14.5. The highest BCUT2D eigenvalue weighted by Crippen LogP contribution is 2.39. The molecule has 0 bridgehead atoms. The fourth-order valence-corrected chi connectivity index (χ4v) is 4.43. The van der Waals surface area contributed by atoms with E-state index in [9.17, 15) is 5.11 Å². The number of hydrogen-bond donors (Lipinski definition) is 1. The van der Waals surface area contributed by atoms with Gasteiger partial charge in [0.2, 0.25) is 0 Å². The standard InChI is InChI=1S/C17H21NOS2/c1-11-9-12(2)15(13(3)10-11)16(19)17(20-4)21-14-7-5-6-8-18-14/h5-10,16-17,19H,1-4H3/t16-,17+/m1/s1. The third-order valence-corrected chi connectivity index (χ3v) is 5.96. The summed E-state index contributed by atoms with van der Waals surface area (Å²) >= 11 is 3.28. The van der Waals surface area contributed by atoms with Gasteiger partial charge in [0.25, 0.3) is 0 Å². The topological polar surface area (TPSA) is 33.1 Å². The third-order valence-electron chi connectivity index (χ3n) is 3.40. The first kappa shape index (κ1) is 16.4. The molecule has 0 aliphatic carbocycles. The van der Waals surface area contributed by atoms with Crippen LogP contribution in [0.1, 0.15) is 28.4 Å². The Labute approximate surface area is 135 Å². The maximum absolute atomic E-state index is 10.8. The van der Waals surface area contributed by atoms with Crippen molar-refractivity contribution >= 4 is 23.5 Å². The van der Waals surface area contributed by atoms with Gasteiger partial charge in [0.05, 0.1) is 9.61 Å². The smallest absolute Gasteiger partial charge is 0.101 e. The molecule has 0 aliphatic rings. The minimum Gasteiger partial charge on any atom is -0.386 e. The van der Waals surface area contributed by atoms with Crippen LogP contribution in [0.4, 0.5) is 0 Å². The monoisotopic (exact) mass is 319 g/mol. The van der Waals surface area contributed by atoms with Gasteiger partial charge in [-0.2, -0.15) is 0 Å². The molecule has 0 spiro atoms. The lowest BCUT2D eigenvalue weighted by atomic mass is 9.96. The second-order valence-corrected chi connectivity index (χ2v) is 7.59. The van der Waals surface area contributed by atoms with E-state index in [0.717, 1.165) is 21.7 Å². The number of aliphatic hydroxyl groups is 1. The molecule has 0 unspecified atom stereocenters. The van der Waals surface area contributed by atoms with Crippen LogP contribution in [0.3, 0.4) is 0 Å². The minimum atomic E-state index is -0.507. The Kier molecular flexibility index (Phi) is 5.73. The molecule has 2 rings (SSSR count). The zero-order valence-electron chi connectivity index (χ0n) is 12.8. The van der Waals surface area contributed by atoms with Crippen LogP contribution >= 0.6 is 23.5 Å². The lowest BCUT2D eigenvalue weighted by molar-refractivity contribution is 0.195. The second-order valence-electron chi connectivity index (χ2n) is 5.15. The van der Waals surface area contributed by atoms with Gasteiger partial charge in [-0.05, 0) is 55.9 Å². The fourth-order valence-electron chi connectivity index (χ4n) is 2.57. The van der Waals surface area contributed by atoms with Crippen LogP contribution in [-0.4, -0.2) is 20.9 Å². The molecule has 1 heterocycles. The van der Waals surface area contributed by atoms with E-state index in [1.165, 1.54) is 5.56 Å². The van der Waals surface area contributed by atoms with Crippen molar-refractivity contribution in [1.82, 2.24) is 4.98 Å². The Hall–Kier alpha value is -0.970. The second kappa shape index (κ2) is 7.34. The summed E-state index contributed by atoms with van der Waals surface area (Å²) in [4.78, 5) is 4.34. The van der Waals surface area contributed by atoms with E-state index >= 15 is 0 Å². The quantitative estimate of drug-likeness (QED) is 0.649. The molecule has 0 radical (unpaired) electrons. The van der Waals surface area contributed by atoms with Crippen molar-refractivity contribution < 1.29 is 5.11 Å². The number of pyridine rings is 1. The molecule has 2 aromatic rings. The molecular formula is C17H21NOS2. The van der Waals surface area contributed by atoms with Crippen LogP contribution in [0.5, 0.6) is 0 Å². The molecule has 0 saturated carbocycles. The predicted molar refractivity (Wildman–Crippen MR) is 93.0 cm³/mol. The van der Waals surface area contributed by atoms with Crippen molar-refractivity contribution in [3.8, 4) is 0 Å². The first-order valence-electron chi connectivity index (χ1n) is 6.89. The number of aliphatic hydroxyl groups excluding tert-OH is 1. The van der Waals surface area contributed by atoms with Crippen LogP contribution in [0.2, 0.25) is 0 Å². The molecular weight excluding hydrogens is 298 g/mol. The van der Waals surface area contributed by atoms with Crippen molar-refractivity contribution in [2.24, 2.45) is 0 Å². The highest BCUT2D eigenvalue weighted by Gasteiger charge is 2.24. The molecule has 112 valence electrons. The number of benzene rings is 1. The highest BCUT2D eigenvalue weighted by molar-refractivity contribution is 8.16.